The van der Waals surface area contributed by atoms with Crippen molar-refractivity contribution in [3.05, 3.63) is 41.3 Å². The van der Waals surface area contributed by atoms with Gasteiger partial charge in [0, 0.05) is 18.2 Å². The van der Waals surface area contributed by atoms with Crippen molar-refractivity contribution in [1.29, 1.82) is 0 Å². The zero-order valence-electron chi connectivity index (χ0n) is 13.5. The van der Waals surface area contributed by atoms with Crippen molar-refractivity contribution in [3.8, 4) is 0 Å². The molecule has 2 heterocycles. The minimum atomic E-state index is -0.639. The first-order valence-electron chi connectivity index (χ1n) is 8.30. The van der Waals surface area contributed by atoms with E-state index in [0.29, 0.717) is 12.0 Å². The zero-order chi connectivity index (χ0) is 16.0. The summed E-state index contributed by atoms with van der Waals surface area (Å²) in [6.45, 7) is 3.18. The number of methoxy groups -OCH3 is 1. The Hall–Kier alpha value is -2.01. The maximum absolute atomic E-state index is 11.7. The molecular formula is C18H22N2O3. The van der Waals surface area contributed by atoms with Gasteiger partial charge in [-0.2, -0.15) is 0 Å². The molecule has 1 aliphatic carbocycles. The summed E-state index contributed by atoms with van der Waals surface area (Å²) in [4.78, 5) is 11.7. The molecule has 0 amide bonds. The van der Waals surface area contributed by atoms with Gasteiger partial charge in [-0.25, -0.2) is 4.79 Å². The van der Waals surface area contributed by atoms with Gasteiger partial charge in [-0.3, -0.25) is 0 Å². The molecule has 5 heteroatoms. The standard InChI is InChI=1S/C18H22N2O3/c1-3-11-10-14(23-17(21)22-2)16-18(8-9-19-15(11)18)12-6-4-5-7-13(12)20-16/h4-7,11,15,19-20H,3,8-10H2,1-2H3. The SMILES string of the molecule is CCC1CC(OC(=O)OC)=C2Nc3ccccc3C23CCNC13. The quantitative estimate of drug-likeness (QED) is 0.821. The summed E-state index contributed by atoms with van der Waals surface area (Å²) in [5.41, 5.74) is 3.37. The lowest BCUT2D eigenvalue weighted by Crippen LogP contribution is -2.49. The predicted octanol–water partition coefficient (Wildman–Crippen LogP) is 3.14. The van der Waals surface area contributed by atoms with Crippen LogP contribution in [0.1, 0.15) is 31.7 Å². The number of hydrogen-bond acceptors (Lipinski definition) is 5. The van der Waals surface area contributed by atoms with E-state index < -0.39 is 6.16 Å². The normalized spacial score (nSPS) is 31.0. The van der Waals surface area contributed by atoms with Crippen LogP contribution in [0.15, 0.2) is 35.7 Å². The Morgan fingerprint density at radius 3 is 3.00 bits per heavy atom. The van der Waals surface area contributed by atoms with Gasteiger partial charge in [0.1, 0.15) is 5.76 Å². The number of carbonyl (C=O) groups excluding carboxylic acids is 1. The maximum atomic E-state index is 11.7. The Labute approximate surface area is 136 Å². The van der Waals surface area contributed by atoms with Crippen molar-refractivity contribution in [2.75, 3.05) is 19.0 Å². The lowest BCUT2D eigenvalue weighted by atomic mass is 9.64. The van der Waals surface area contributed by atoms with Gasteiger partial charge >= 0.3 is 6.16 Å². The second kappa shape index (κ2) is 5.27. The van der Waals surface area contributed by atoms with Crippen molar-refractivity contribution >= 4 is 11.8 Å². The van der Waals surface area contributed by atoms with Crippen LogP contribution < -0.4 is 10.6 Å². The molecule has 23 heavy (non-hydrogen) atoms. The Bertz CT molecular complexity index is 685. The third kappa shape index (κ3) is 1.92. The second-order valence-corrected chi connectivity index (χ2v) is 6.55. The summed E-state index contributed by atoms with van der Waals surface area (Å²) in [6.07, 6.45) is 2.17. The van der Waals surface area contributed by atoms with Crippen molar-refractivity contribution in [2.45, 2.75) is 37.6 Å². The smallest absolute Gasteiger partial charge is 0.437 e. The van der Waals surface area contributed by atoms with E-state index in [0.717, 1.165) is 43.0 Å². The summed E-state index contributed by atoms with van der Waals surface area (Å²) in [5.74, 6) is 1.17. The first kappa shape index (κ1) is 14.6. The summed E-state index contributed by atoms with van der Waals surface area (Å²) in [7, 11) is 1.35. The van der Waals surface area contributed by atoms with Gasteiger partial charge in [0.2, 0.25) is 0 Å². The number of nitrogens with one attached hydrogen (secondary N) is 2. The van der Waals surface area contributed by atoms with Gasteiger partial charge < -0.3 is 20.1 Å². The molecule has 2 N–H and O–H groups in total. The molecule has 0 aromatic heterocycles. The van der Waals surface area contributed by atoms with E-state index in [1.807, 2.05) is 6.07 Å². The molecule has 1 saturated heterocycles. The van der Waals surface area contributed by atoms with Crippen LogP contribution >= 0.6 is 0 Å². The minimum absolute atomic E-state index is 0.112. The Morgan fingerprint density at radius 1 is 1.39 bits per heavy atom. The van der Waals surface area contributed by atoms with E-state index in [1.54, 1.807) is 0 Å². The van der Waals surface area contributed by atoms with Gasteiger partial charge in [-0.1, -0.05) is 31.5 Å². The lowest BCUT2D eigenvalue weighted by Gasteiger charge is -2.42. The summed E-state index contributed by atoms with van der Waals surface area (Å²) in [5, 5.41) is 7.23. The maximum Gasteiger partial charge on any atom is 0.513 e. The van der Waals surface area contributed by atoms with E-state index in [-0.39, 0.29) is 5.41 Å². The highest BCUT2D eigenvalue weighted by molar-refractivity contribution is 5.72. The van der Waals surface area contributed by atoms with Crippen LogP contribution in [-0.4, -0.2) is 25.9 Å². The molecule has 4 rings (SSSR count). The van der Waals surface area contributed by atoms with E-state index in [1.165, 1.54) is 12.7 Å². The van der Waals surface area contributed by atoms with Crippen molar-refractivity contribution in [3.63, 3.8) is 0 Å². The van der Waals surface area contributed by atoms with Gasteiger partial charge in [-0.05, 0) is 30.5 Å². The van der Waals surface area contributed by atoms with Gasteiger partial charge in [-0.15, -0.1) is 0 Å². The minimum Gasteiger partial charge on any atom is -0.437 e. The van der Waals surface area contributed by atoms with E-state index in [2.05, 4.69) is 35.8 Å². The average molecular weight is 314 g/mol. The number of hydrogen-bond donors (Lipinski definition) is 2. The fourth-order valence-electron chi connectivity index (χ4n) is 4.66. The fraction of sp³-hybridized carbons (Fsp3) is 0.500. The lowest BCUT2D eigenvalue weighted by molar-refractivity contribution is 0.0851. The van der Waals surface area contributed by atoms with Crippen molar-refractivity contribution < 1.29 is 14.3 Å². The van der Waals surface area contributed by atoms with E-state index in [4.69, 9.17) is 9.47 Å². The molecule has 1 aromatic carbocycles. The van der Waals surface area contributed by atoms with Gasteiger partial charge in [0.05, 0.1) is 18.2 Å². The number of ether oxygens (including phenoxy) is 2. The van der Waals surface area contributed by atoms with Crippen molar-refractivity contribution in [1.82, 2.24) is 5.32 Å². The molecular weight excluding hydrogens is 292 g/mol. The van der Waals surface area contributed by atoms with E-state index in [9.17, 15) is 4.79 Å². The third-order valence-electron chi connectivity index (χ3n) is 5.62. The number of fused-ring (bicyclic) bond motifs is 1. The van der Waals surface area contributed by atoms with Crippen LogP contribution in [0.4, 0.5) is 10.5 Å². The van der Waals surface area contributed by atoms with E-state index >= 15 is 0 Å². The molecule has 0 bridgehead atoms. The highest BCUT2D eigenvalue weighted by Crippen LogP contribution is 2.56. The first-order valence-corrected chi connectivity index (χ1v) is 8.30. The van der Waals surface area contributed by atoms with Crippen LogP contribution in [0.3, 0.4) is 0 Å². The van der Waals surface area contributed by atoms with Crippen LogP contribution in [-0.2, 0) is 14.9 Å². The van der Waals surface area contributed by atoms with Crippen molar-refractivity contribution in [2.24, 2.45) is 5.92 Å². The van der Waals surface area contributed by atoms with Crippen LogP contribution in [0, 0.1) is 5.92 Å². The second-order valence-electron chi connectivity index (χ2n) is 6.55. The molecule has 1 fully saturated rings. The molecule has 1 spiro atoms. The average Bonchev–Trinajstić information content (AvgIpc) is 3.16. The molecule has 3 unspecified atom stereocenters. The molecule has 122 valence electrons. The number of rotatable bonds is 2. The topological polar surface area (TPSA) is 59.6 Å². The number of benzene rings is 1. The fourth-order valence-corrected chi connectivity index (χ4v) is 4.66. The molecule has 2 aliphatic heterocycles. The highest BCUT2D eigenvalue weighted by atomic mass is 16.7. The van der Waals surface area contributed by atoms with Crippen LogP contribution in [0.5, 0.6) is 0 Å². The number of allylic oxidation sites excluding steroid dienone is 1. The summed E-state index contributed by atoms with van der Waals surface area (Å²) in [6, 6.07) is 8.80. The summed E-state index contributed by atoms with van der Waals surface area (Å²) >= 11 is 0. The zero-order valence-corrected chi connectivity index (χ0v) is 13.5. The highest BCUT2D eigenvalue weighted by Gasteiger charge is 2.57. The Kier molecular flexibility index (Phi) is 3.34. The largest absolute Gasteiger partial charge is 0.513 e. The summed E-state index contributed by atoms with van der Waals surface area (Å²) < 4.78 is 10.3. The molecule has 5 nitrogen and oxygen atoms in total. The number of carbonyl (C=O) groups is 1. The first-order chi connectivity index (χ1) is 11.2. The predicted molar refractivity (Wildman–Crippen MR) is 87.1 cm³/mol. The van der Waals surface area contributed by atoms with Gasteiger partial charge in [0.15, 0.2) is 0 Å². The molecule has 0 saturated carbocycles. The Balaban J connectivity index is 1.88. The third-order valence-corrected chi connectivity index (χ3v) is 5.62. The monoisotopic (exact) mass is 314 g/mol. The molecule has 3 aliphatic rings. The molecule has 3 atom stereocenters. The van der Waals surface area contributed by atoms with Gasteiger partial charge in [0.25, 0.3) is 0 Å². The number of para-hydroxylation sites is 1. The van der Waals surface area contributed by atoms with Crippen LogP contribution in [0.2, 0.25) is 0 Å². The molecule has 0 radical (unpaired) electrons. The Morgan fingerprint density at radius 2 is 2.22 bits per heavy atom. The number of anilines is 1. The van der Waals surface area contributed by atoms with Crippen LogP contribution in [0.25, 0.3) is 0 Å². The molecule has 1 aromatic rings.